The van der Waals surface area contributed by atoms with Crippen molar-refractivity contribution >= 4 is 89.6 Å². The predicted molar refractivity (Wildman–Crippen MR) is 239 cm³/mol. The summed E-state index contributed by atoms with van der Waals surface area (Å²) in [7, 11) is 0. The van der Waals surface area contributed by atoms with E-state index in [1.807, 2.05) is 0 Å². The number of hydrogen-bond donors (Lipinski definition) is 0. The number of anilines is 3. The van der Waals surface area contributed by atoms with E-state index in [0.29, 0.717) is 29.0 Å². The number of para-hydroxylation sites is 2. The van der Waals surface area contributed by atoms with E-state index in [-0.39, 0.29) is 0 Å². The average molecular weight is 856 g/mol. The molecule has 2 aliphatic rings. The Kier molecular flexibility index (Phi) is 6.71. The van der Waals surface area contributed by atoms with E-state index in [9.17, 15) is 0 Å². The summed E-state index contributed by atoms with van der Waals surface area (Å²) in [6.45, 7) is 0. The van der Waals surface area contributed by atoms with Gasteiger partial charge >= 0.3 is 243 Å². The first-order chi connectivity index (χ1) is 28.3. The number of rotatable bonds is 3. The molecule has 0 saturated carbocycles. The van der Waals surface area contributed by atoms with Crippen molar-refractivity contribution in [1.82, 2.24) is 0 Å². The Morgan fingerprint density at radius 3 is 1.60 bits per heavy atom. The van der Waals surface area contributed by atoms with Gasteiger partial charge in [0.05, 0.1) is 0 Å². The number of hydrogen-bond acceptors (Lipinski definition) is 2. The van der Waals surface area contributed by atoms with Gasteiger partial charge in [-0.25, -0.2) is 0 Å². The summed E-state index contributed by atoms with van der Waals surface area (Å²) in [5.74, 6) is 0. The Morgan fingerprint density at radius 2 is 0.947 bits per heavy atom. The van der Waals surface area contributed by atoms with E-state index in [2.05, 4.69) is 191 Å². The smallest absolute Gasteiger partial charge is 0.0617 e. The van der Waals surface area contributed by atoms with Crippen molar-refractivity contribution in [2.75, 3.05) is 4.90 Å². The first-order valence-electron chi connectivity index (χ1n) is 19.4. The van der Waals surface area contributed by atoms with E-state index in [1.165, 1.54) is 82.8 Å². The van der Waals surface area contributed by atoms with Crippen molar-refractivity contribution in [3.05, 3.63) is 208 Å². The molecule has 0 bridgehead atoms. The molecular formula is C53H31NOSe2. The molecule has 13 rings (SSSR count). The maximum absolute atomic E-state index is 7.02. The minimum Gasteiger partial charge on any atom is -0.0617 e. The number of benzene rings is 8. The summed E-state index contributed by atoms with van der Waals surface area (Å²) in [6.07, 6.45) is 0. The fourth-order valence-electron chi connectivity index (χ4n) is 10.3. The molecule has 0 radical (unpaired) electrons. The minimum atomic E-state index is -0.442. The standard InChI is InChI=1S/C53H31NOSe2/c1-2-12-32(13-3-1)47-36-15-4-6-17-38(36)48(39-18-7-5-16-37(39)47)33-22-24-34(25-23-33)54-44-20-10-9-19-41(44)53(42-28-30-56-51(42)52-43(53)29-31-57-52)49-45(54)27-26-40-35-14-8-11-21-46(35)55-50(40)49/h1-31H. The van der Waals surface area contributed by atoms with E-state index in [1.54, 1.807) is 8.87 Å². The van der Waals surface area contributed by atoms with Gasteiger partial charge in [-0.05, 0) is 21.9 Å². The van der Waals surface area contributed by atoms with Gasteiger partial charge < -0.3 is 0 Å². The summed E-state index contributed by atoms with van der Waals surface area (Å²) < 4.78 is 10.2. The molecule has 0 fully saturated rings. The van der Waals surface area contributed by atoms with Gasteiger partial charge in [-0.15, -0.1) is 0 Å². The van der Waals surface area contributed by atoms with E-state index < -0.39 is 5.41 Å². The fraction of sp³-hybridized carbons (Fsp3) is 0.0189. The first-order valence-corrected chi connectivity index (χ1v) is 23.1. The van der Waals surface area contributed by atoms with E-state index >= 15 is 0 Å². The third kappa shape index (κ3) is 4.21. The summed E-state index contributed by atoms with van der Waals surface area (Å²) >= 11 is 0.648. The second-order valence-electron chi connectivity index (χ2n) is 15.1. The van der Waals surface area contributed by atoms with Crippen LogP contribution in [0.2, 0.25) is 0 Å². The van der Waals surface area contributed by atoms with Crippen molar-refractivity contribution in [2.24, 2.45) is 0 Å². The predicted octanol–water partition coefficient (Wildman–Crippen LogP) is 13.5. The summed E-state index contributed by atoms with van der Waals surface area (Å²) in [5.41, 5.74) is 15.5. The third-order valence-corrected chi connectivity index (χ3v) is 17.0. The molecule has 8 aromatic carbocycles. The molecule has 4 heterocycles. The minimum absolute atomic E-state index is 0.324. The van der Waals surface area contributed by atoms with Crippen molar-refractivity contribution in [3.8, 4) is 31.1 Å². The first kappa shape index (κ1) is 32.0. The van der Waals surface area contributed by atoms with Crippen molar-refractivity contribution in [2.45, 2.75) is 5.41 Å². The van der Waals surface area contributed by atoms with Crippen LogP contribution in [-0.4, -0.2) is 29.0 Å². The molecule has 0 amide bonds. The van der Waals surface area contributed by atoms with Crippen LogP contribution in [0.25, 0.3) is 74.6 Å². The van der Waals surface area contributed by atoms with Gasteiger partial charge in [-0.2, -0.15) is 0 Å². The molecule has 11 aromatic rings. The van der Waals surface area contributed by atoms with Crippen LogP contribution in [0.3, 0.4) is 0 Å². The molecule has 1 aliphatic carbocycles. The SMILES string of the molecule is c1ccc(-c2c3ccccc3c(-c3ccc(N4c5ccccc5C5(c6cc[se]c6-c6[se]ccc65)c5c4ccc4c5oc5ccccc54)cc3)c3ccccc23)cc1. The zero-order valence-electron chi connectivity index (χ0n) is 30.6. The molecule has 1 spiro atoms. The molecule has 0 atom stereocenters. The van der Waals surface area contributed by atoms with Crippen LogP contribution >= 0.6 is 0 Å². The molecule has 0 N–H and O–H groups in total. The fourth-order valence-corrected chi connectivity index (χ4v) is 15.1. The Labute approximate surface area is 341 Å². The summed E-state index contributed by atoms with van der Waals surface area (Å²) in [5, 5.41) is 7.40. The average Bonchev–Trinajstić information content (AvgIpc) is 4.07. The third-order valence-electron chi connectivity index (χ3n) is 12.4. The van der Waals surface area contributed by atoms with Crippen molar-refractivity contribution < 1.29 is 4.42 Å². The summed E-state index contributed by atoms with van der Waals surface area (Å²) in [6, 6.07) is 65.2. The molecule has 3 aromatic heterocycles. The van der Waals surface area contributed by atoms with Crippen LogP contribution in [0.5, 0.6) is 0 Å². The topological polar surface area (TPSA) is 16.4 Å². The Morgan fingerprint density at radius 1 is 0.404 bits per heavy atom. The van der Waals surface area contributed by atoms with E-state index in [4.69, 9.17) is 4.42 Å². The zero-order chi connectivity index (χ0) is 37.2. The van der Waals surface area contributed by atoms with Gasteiger partial charge in [0.25, 0.3) is 0 Å². The Hall–Kier alpha value is -6.12. The van der Waals surface area contributed by atoms with Crippen LogP contribution in [0.1, 0.15) is 22.3 Å². The number of furan rings is 1. The van der Waals surface area contributed by atoms with Crippen LogP contribution in [0, 0.1) is 0 Å². The molecular weight excluding hydrogens is 825 g/mol. The Balaban J connectivity index is 1.07. The number of fused-ring (bicyclic) bond motifs is 15. The molecule has 4 heteroatoms. The molecule has 266 valence electrons. The molecule has 0 unspecified atom stereocenters. The van der Waals surface area contributed by atoms with Gasteiger partial charge in [-0.3, -0.25) is 0 Å². The van der Waals surface area contributed by atoms with Crippen molar-refractivity contribution in [3.63, 3.8) is 0 Å². The van der Waals surface area contributed by atoms with Crippen LogP contribution in [0.15, 0.2) is 190 Å². The zero-order valence-corrected chi connectivity index (χ0v) is 34.0. The van der Waals surface area contributed by atoms with Gasteiger partial charge in [0.15, 0.2) is 0 Å². The second-order valence-corrected chi connectivity index (χ2v) is 19.0. The van der Waals surface area contributed by atoms with E-state index in [0.717, 1.165) is 22.2 Å². The van der Waals surface area contributed by atoms with Gasteiger partial charge in [-0.1, -0.05) is 78.9 Å². The molecule has 0 saturated heterocycles. The summed E-state index contributed by atoms with van der Waals surface area (Å²) in [4.78, 5) is 7.36. The molecule has 1 aliphatic heterocycles. The molecule has 57 heavy (non-hydrogen) atoms. The van der Waals surface area contributed by atoms with Crippen LogP contribution in [-0.2, 0) is 5.41 Å². The number of nitrogens with zero attached hydrogens (tertiary/aromatic N) is 1. The monoisotopic (exact) mass is 857 g/mol. The molecule has 2 nitrogen and oxygen atoms in total. The van der Waals surface area contributed by atoms with Crippen LogP contribution < -0.4 is 4.90 Å². The quantitative estimate of drug-likeness (QED) is 0.130. The van der Waals surface area contributed by atoms with Gasteiger partial charge in [0.1, 0.15) is 0 Å². The normalized spacial score (nSPS) is 13.7. The van der Waals surface area contributed by atoms with Gasteiger partial charge in [0, 0.05) is 0 Å². The maximum atomic E-state index is 7.02. The Bertz CT molecular complexity index is 3320. The second kappa shape index (κ2) is 11.9. The van der Waals surface area contributed by atoms with Crippen molar-refractivity contribution in [1.29, 1.82) is 0 Å². The van der Waals surface area contributed by atoms with Gasteiger partial charge in [0.2, 0.25) is 0 Å². The van der Waals surface area contributed by atoms with Crippen LogP contribution in [0.4, 0.5) is 17.1 Å².